The molecule has 18 heavy (non-hydrogen) atoms. The average molecular weight is 261 g/mol. The van der Waals surface area contributed by atoms with Gasteiger partial charge in [0.25, 0.3) is 0 Å². The van der Waals surface area contributed by atoms with Gasteiger partial charge in [-0.1, -0.05) is 0 Å². The highest BCUT2D eigenvalue weighted by Gasteiger charge is 2.06. The number of carbonyl (C=O) groups is 1. The zero-order valence-electron chi connectivity index (χ0n) is 9.91. The van der Waals surface area contributed by atoms with E-state index in [9.17, 15) is 4.79 Å². The maximum absolute atomic E-state index is 10.6. The van der Waals surface area contributed by atoms with Crippen LogP contribution >= 0.6 is 11.8 Å². The Labute approximate surface area is 108 Å². The van der Waals surface area contributed by atoms with Crippen LogP contribution in [0.15, 0.2) is 34.6 Å². The molecule has 0 saturated heterocycles. The number of hydrogen-bond acceptors (Lipinski definition) is 5. The molecule has 0 amide bonds. The molecule has 0 aliphatic heterocycles. The summed E-state index contributed by atoms with van der Waals surface area (Å²) in [4.78, 5) is 22.8. The minimum atomic E-state index is -1.08. The summed E-state index contributed by atoms with van der Waals surface area (Å²) in [5.41, 5.74) is 2.00. The van der Waals surface area contributed by atoms with E-state index in [1.54, 1.807) is 0 Å². The standard InChI is InChI=1S/C12H11N3O2S/c1-7-3-8(2)15-10(4-7)18-11-6-13-9(5-14-11)12(16)17/h3-6H,1-2H3,(H,16,17). The number of nitrogens with zero attached hydrogens (tertiary/aromatic N) is 3. The molecule has 2 aromatic rings. The summed E-state index contributed by atoms with van der Waals surface area (Å²) in [5.74, 6) is -1.08. The van der Waals surface area contributed by atoms with E-state index in [2.05, 4.69) is 15.0 Å². The van der Waals surface area contributed by atoms with Gasteiger partial charge in [0.1, 0.15) is 10.1 Å². The summed E-state index contributed by atoms with van der Waals surface area (Å²) >= 11 is 1.36. The van der Waals surface area contributed by atoms with Crippen LogP contribution in [0.5, 0.6) is 0 Å². The average Bonchev–Trinajstić information content (AvgIpc) is 2.28. The fourth-order valence-corrected chi connectivity index (χ4v) is 2.30. The summed E-state index contributed by atoms with van der Waals surface area (Å²) < 4.78 is 0. The van der Waals surface area contributed by atoms with Gasteiger partial charge in [-0.2, -0.15) is 0 Å². The van der Waals surface area contributed by atoms with E-state index >= 15 is 0 Å². The molecule has 1 N–H and O–H groups in total. The zero-order valence-corrected chi connectivity index (χ0v) is 10.7. The summed E-state index contributed by atoms with van der Waals surface area (Å²) in [6, 6.07) is 3.94. The van der Waals surface area contributed by atoms with E-state index in [4.69, 9.17) is 5.11 Å². The van der Waals surface area contributed by atoms with Gasteiger partial charge in [0.15, 0.2) is 5.69 Å². The second-order valence-corrected chi connectivity index (χ2v) is 4.81. The van der Waals surface area contributed by atoms with Crippen molar-refractivity contribution in [3.05, 3.63) is 41.5 Å². The lowest BCUT2D eigenvalue weighted by Gasteiger charge is -2.03. The monoisotopic (exact) mass is 261 g/mol. The van der Waals surface area contributed by atoms with Gasteiger partial charge >= 0.3 is 5.97 Å². The van der Waals surface area contributed by atoms with Crippen LogP contribution in [-0.2, 0) is 0 Å². The SMILES string of the molecule is Cc1cc(C)nc(Sc2cnc(C(=O)O)cn2)c1. The Morgan fingerprint density at radius 1 is 1.17 bits per heavy atom. The van der Waals surface area contributed by atoms with Crippen molar-refractivity contribution in [2.45, 2.75) is 23.9 Å². The molecular formula is C12H11N3O2S. The summed E-state index contributed by atoms with van der Waals surface area (Å²) in [6.45, 7) is 3.92. The van der Waals surface area contributed by atoms with Crippen LogP contribution in [0.3, 0.4) is 0 Å². The normalized spacial score (nSPS) is 10.3. The Morgan fingerprint density at radius 3 is 2.50 bits per heavy atom. The molecule has 0 saturated carbocycles. The van der Waals surface area contributed by atoms with Crippen molar-refractivity contribution in [2.75, 3.05) is 0 Å². The van der Waals surface area contributed by atoms with E-state index in [1.165, 1.54) is 24.2 Å². The third-order valence-electron chi connectivity index (χ3n) is 2.13. The lowest BCUT2D eigenvalue weighted by molar-refractivity contribution is 0.0689. The van der Waals surface area contributed by atoms with Gasteiger partial charge in [0.05, 0.1) is 12.4 Å². The van der Waals surface area contributed by atoms with Crippen LogP contribution < -0.4 is 0 Å². The lowest BCUT2D eigenvalue weighted by atomic mass is 10.3. The van der Waals surface area contributed by atoms with E-state index in [-0.39, 0.29) is 5.69 Å². The summed E-state index contributed by atoms with van der Waals surface area (Å²) in [6.07, 6.45) is 2.68. The number of carboxylic acid groups (broad SMARTS) is 1. The molecular weight excluding hydrogens is 250 g/mol. The number of aryl methyl sites for hydroxylation is 2. The molecule has 0 bridgehead atoms. The predicted octanol–water partition coefficient (Wildman–Crippen LogP) is 2.34. The molecule has 0 atom stereocenters. The Balaban J connectivity index is 2.20. The van der Waals surface area contributed by atoms with E-state index in [1.807, 2.05) is 26.0 Å². The second kappa shape index (κ2) is 5.14. The molecule has 0 aliphatic carbocycles. The highest BCUT2D eigenvalue weighted by atomic mass is 32.2. The molecule has 0 aliphatic rings. The molecule has 2 rings (SSSR count). The maximum Gasteiger partial charge on any atom is 0.356 e. The third kappa shape index (κ3) is 3.04. The molecule has 0 fully saturated rings. The van der Waals surface area contributed by atoms with Gasteiger partial charge < -0.3 is 5.11 Å². The fraction of sp³-hybridized carbons (Fsp3) is 0.167. The van der Waals surface area contributed by atoms with Gasteiger partial charge in [-0.15, -0.1) is 0 Å². The highest BCUT2D eigenvalue weighted by Crippen LogP contribution is 2.24. The number of hydrogen-bond donors (Lipinski definition) is 1. The van der Waals surface area contributed by atoms with Crippen molar-refractivity contribution in [3.8, 4) is 0 Å². The number of rotatable bonds is 3. The number of aromatic nitrogens is 3. The van der Waals surface area contributed by atoms with Crippen LogP contribution in [0, 0.1) is 13.8 Å². The number of pyridine rings is 1. The van der Waals surface area contributed by atoms with Crippen LogP contribution in [-0.4, -0.2) is 26.0 Å². The van der Waals surface area contributed by atoms with Crippen LogP contribution in [0.2, 0.25) is 0 Å². The first-order valence-electron chi connectivity index (χ1n) is 5.23. The van der Waals surface area contributed by atoms with Crippen molar-refractivity contribution < 1.29 is 9.90 Å². The summed E-state index contributed by atoms with van der Waals surface area (Å²) in [7, 11) is 0. The number of aromatic carboxylic acids is 1. The Kier molecular flexibility index (Phi) is 3.57. The Hall–Kier alpha value is -1.95. The molecule has 5 nitrogen and oxygen atoms in total. The first-order chi connectivity index (χ1) is 8.54. The molecule has 2 heterocycles. The minimum Gasteiger partial charge on any atom is -0.476 e. The molecule has 0 aromatic carbocycles. The Morgan fingerprint density at radius 2 is 1.94 bits per heavy atom. The quantitative estimate of drug-likeness (QED) is 0.913. The highest BCUT2D eigenvalue weighted by molar-refractivity contribution is 7.99. The molecule has 6 heteroatoms. The van der Waals surface area contributed by atoms with Gasteiger partial charge in [-0.25, -0.2) is 19.7 Å². The predicted molar refractivity (Wildman–Crippen MR) is 66.8 cm³/mol. The smallest absolute Gasteiger partial charge is 0.356 e. The molecule has 92 valence electrons. The van der Waals surface area contributed by atoms with Gasteiger partial charge in [0.2, 0.25) is 0 Å². The van der Waals surface area contributed by atoms with E-state index in [0.29, 0.717) is 5.03 Å². The molecule has 0 radical (unpaired) electrons. The molecule has 0 spiro atoms. The minimum absolute atomic E-state index is 0.0623. The van der Waals surface area contributed by atoms with Crippen molar-refractivity contribution in [2.24, 2.45) is 0 Å². The van der Waals surface area contributed by atoms with Crippen molar-refractivity contribution >= 4 is 17.7 Å². The first kappa shape index (κ1) is 12.5. The van der Waals surface area contributed by atoms with Gasteiger partial charge in [-0.05, 0) is 43.3 Å². The Bertz CT molecular complexity index is 564. The van der Waals surface area contributed by atoms with E-state index in [0.717, 1.165) is 16.3 Å². The van der Waals surface area contributed by atoms with Crippen LogP contribution in [0.4, 0.5) is 0 Å². The lowest BCUT2D eigenvalue weighted by Crippen LogP contribution is -2.00. The first-order valence-corrected chi connectivity index (χ1v) is 6.05. The zero-order chi connectivity index (χ0) is 13.1. The molecule has 2 aromatic heterocycles. The topological polar surface area (TPSA) is 76.0 Å². The van der Waals surface area contributed by atoms with Gasteiger partial charge in [-0.3, -0.25) is 0 Å². The maximum atomic E-state index is 10.6. The second-order valence-electron chi connectivity index (χ2n) is 3.77. The van der Waals surface area contributed by atoms with E-state index < -0.39 is 5.97 Å². The third-order valence-corrected chi connectivity index (χ3v) is 2.97. The fourth-order valence-electron chi connectivity index (χ4n) is 1.44. The summed E-state index contributed by atoms with van der Waals surface area (Å²) in [5, 5.41) is 10.2. The van der Waals surface area contributed by atoms with Crippen molar-refractivity contribution in [1.82, 2.24) is 15.0 Å². The van der Waals surface area contributed by atoms with Crippen LogP contribution in [0.25, 0.3) is 0 Å². The van der Waals surface area contributed by atoms with Crippen molar-refractivity contribution in [3.63, 3.8) is 0 Å². The van der Waals surface area contributed by atoms with Crippen LogP contribution in [0.1, 0.15) is 21.7 Å². The van der Waals surface area contributed by atoms with Gasteiger partial charge in [0, 0.05) is 5.69 Å². The molecule has 0 unspecified atom stereocenters. The largest absolute Gasteiger partial charge is 0.476 e. The van der Waals surface area contributed by atoms with Crippen molar-refractivity contribution in [1.29, 1.82) is 0 Å². The number of carboxylic acids is 1.